The molecule has 0 saturated carbocycles. The van der Waals surface area contributed by atoms with Gasteiger partial charge < -0.3 is 4.98 Å². The van der Waals surface area contributed by atoms with E-state index in [-0.39, 0.29) is 0 Å². The van der Waals surface area contributed by atoms with Crippen LogP contribution in [0.2, 0.25) is 0 Å². The summed E-state index contributed by atoms with van der Waals surface area (Å²) in [5.41, 5.74) is 15.2. The van der Waals surface area contributed by atoms with Gasteiger partial charge in [0.25, 0.3) is 0 Å². The van der Waals surface area contributed by atoms with Crippen molar-refractivity contribution < 1.29 is 0 Å². The quantitative estimate of drug-likeness (QED) is 0.177. The van der Waals surface area contributed by atoms with Crippen molar-refractivity contribution in [2.75, 3.05) is 0 Å². The largest absolute Gasteiger partial charge is 0.355 e. The highest BCUT2D eigenvalue weighted by molar-refractivity contribution is 7.17. The van der Waals surface area contributed by atoms with Crippen LogP contribution in [0.25, 0.3) is 87.5 Å². The van der Waals surface area contributed by atoms with Crippen LogP contribution in [-0.2, 0) is 0 Å². The summed E-state index contributed by atoms with van der Waals surface area (Å²) >= 11 is 1.79. The van der Waals surface area contributed by atoms with E-state index >= 15 is 0 Å². The second-order valence-electron chi connectivity index (χ2n) is 18.8. The Hall–Kier alpha value is -10.4. The molecule has 1 N–H and O–H groups in total. The normalized spacial score (nSPS) is 9.95. The maximum absolute atomic E-state index is 3.38. The maximum Gasteiger partial charge on any atom is 0.0464 e. The van der Waals surface area contributed by atoms with Gasteiger partial charge in [0, 0.05) is 26.5 Å². The van der Waals surface area contributed by atoms with E-state index in [9.17, 15) is 0 Å². The Labute approximate surface area is 488 Å². The molecule has 15 aromatic rings. The van der Waals surface area contributed by atoms with Crippen molar-refractivity contribution >= 4 is 43.2 Å². The van der Waals surface area contributed by atoms with Crippen molar-refractivity contribution in [3.8, 4) is 55.6 Å². The summed E-state index contributed by atoms with van der Waals surface area (Å²) < 4.78 is 1.37. The van der Waals surface area contributed by atoms with Crippen LogP contribution in [0, 0.1) is 0 Å². The molecule has 15 rings (SSSR count). The molecule has 0 aliphatic heterocycles. The topological polar surface area (TPSA) is 15.8 Å². The van der Waals surface area contributed by atoms with Crippen molar-refractivity contribution in [2.24, 2.45) is 0 Å². The van der Waals surface area contributed by atoms with E-state index in [0.29, 0.717) is 0 Å². The van der Waals surface area contributed by atoms with Crippen LogP contribution >= 0.6 is 11.3 Å². The summed E-state index contributed by atoms with van der Waals surface area (Å²) in [7, 11) is 0. The molecule has 1 nitrogen and oxygen atoms in total. The zero-order chi connectivity index (χ0) is 55.9. The van der Waals surface area contributed by atoms with Crippen molar-refractivity contribution in [1.29, 1.82) is 0 Å². The van der Waals surface area contributed by atoms with Gasteiger partial charge in [0.15, 0.2) is 0 Å². The number of aromatic amines is 1. The van der Waals surface area contributed by atoms with Crippen LogP contribution in [0.1, 0.15) is 0 Å². The minimum absolute atomic E-state index is 1.21. The molecule has 0 aliphatic carbocycles. The summed E-state index contributed by atoms with van der Waals surface area (Å²) in [6.45, 7) is 0. The van der Waals surface area contributed by atoms with E-state index in [1.807, 2.05) is 60.7 Å². The van der Waals surface area contributed by atoms with E-state index in [1.165, 1.54) is 87.5 Å². The SMILES string of the molecule is c1ccc(-c2ccccc2)cc1.c1ccc(-c2ccccc2)cc1.c1ccc(-c2ccccc2)cc1.c1ccc(-c2ccccc2)cc1.c1ccc(-c2ccccc2)cc1.c1ccc2c(c1)[nH]c1ccccc12.c1ccc2sccc2c1. The molecule has 0 fully saturated rings. The summed E-state index contributed by atoms with van der Waals surface area (Å²) in [6.07, 6.45) is 0. The first-order chi connectivity index (χ1) is 40.7. The second kappa shape index (κ2) is 31.9. The molecule has 0 radical (unpaired) electrons. The Kier molecular flexibility index (Phi) is 21.9. The monoisotopic (exact) mass is 1070 g/mol. The highest BCUT2D eigenvalue weighted by Gasteiger charge is 2.01. The number of benzene rings is 13. The number of hydrogen-bond donors (Lipinski definition) is 1. The lowest BCUT2D eigenvalue weighted by Crippen LogP contribution is -1.73. The van der Waals surface area contributed by atoms with Crippen molar-refractivity contribution in [2.45, 2.75) is 0 Å². The molecule has 82 heavy (non-hydrogen) atoms. The smallest absolute Gasteiger partial charge is 0.0464 e. The molecule has 13 aromatic carbocycles. The molecular weight excluding hydrogens is 1010 g/mol. The van der Waals surface area contributed by atoms with Gasteiger partial charge in [0.1, 0.15) is 0 Å². The van der Waals surface area contributed by atoms with Gasteiger partial charge in [0.05, 0.1) is 0 Å². The summed E-state index contributed by atoms with van der Waals surface area (Å²) in [6, 6.07) is 131. The van der Waals surface area contributed by atoms with Crippen LogP contribution in [0.15, 0.2) is 388 Å². The summed E-state index contributed by atoms with van der Waals surface area (Å²) in [4.78, 5) is 3.38. The number of para-hydroxylation sites is 2. The van der Waals surface area contributed by atoms with Gasteiger partial charge in [-0.05, 0) is 90.7 Å². The van der Waals surface area contributed by atoms with Gasteiger partial charge in [-0.3, -0.25) is 0 Å². The first kappa shape index (κ1) is 56.3. The van der Waals surface area contributed by atoms with Gasteiger partial charge >= 0.3 is 0 Å². The summed E-state index contributed by atoms with van der Waals surface area (Å²) in [5.74, 6) is 0. The average Bonchev–Trinajstić information content (AvgIpc) is 4.41. The molecule has 2 heterocycles. The highest BCUT2D eigenvalue weighted by Crippen LogP contribution is 2.25. The van der Waals surface area contributed by atoms with Crippen LogP contribution in [0.3, 0.4) is 0 Å². The molecule has 0 spiro atoms. The maximum atomic E-state index is 3.38. The van der Waals surface area contributed by atoms with Gasteiger partial charge in [-0.1, -0.05) is 358 Å². The molecule has 0 atom stereocenters. The van der Waals surface area contributed by atoms with E-state index in [1.54, 1.807) is 11.3 Å². The number of fused-ring (bicyclic) bond motifs is 4. The Morgan fingerprint density at radius 3 is 0.598 bits per heavy atom. The Morgan fingerprint density at radius 2 is 0.366 bits per heavy atom. The lowest BCUT2D eigenvalue weighted by atomic mass is 10.1. The Morgan fingerprint density at radius 1 is 0.171 bits per heavy atom. The molecule has 0 aliphatic rings. The number of hydrogen-bond acceptors (Lipinski definition) is 1. The van der Waals surface area contributed by atoms with Crippen molar-refractivity contribution in [3.05, 3.63) is 388 Å². The number of rotatable bonds is 5. The van der Waals surface area contributed by atoms with Crippen LogP contribution in [0.5, 0.6) is 0 Å². The third kappa shape index (κ3) is 17.6. The zero-order valence-corrected chi connectivity index (χ0v) is 46.7. The van der Waals surface area contributed by atoms with Gasteiger partial charge in [-0.25, -0.2) is 0 Å². The molecule has 0 bridgehead atoms. The molecule has 2 aromatic heterocycles. The average molecular weight is 1070 g/mol. The Bertz CT molecular complexity index is 3380. The first-order valence-corrected chi connectivity index (χ1v) is 28.5. The van der Waals surface area contributed by atoms with Crippen LogP contribution < -0.4 is 0 Å². The fraction of sp³-hybridized carbons (Fsp3) is 0. The molecule has 0 saturated heterocycles. The molecule has 2 heteroatoms. The minimum atomic E-state index is 1.21. The van der Waals surface area contributed by atoms with E-state index in [4.69, 9.17) is 0 Å². The molecule has 0 unspecified atom stereocenters. The van der Waals surface area contributed by atoms with E-state index in [0.717, 1.165) is 0 Å². The predicted octanol–water partition coefficient (Wildman–Crippen LogP) is 23.0. The predicted molar refractivity (Wildman–Crippen MR) is 357 cm³/mol. The molecule has 0 amide bonds. The standard InChI is InChI=1S/C12H9N.5C12H10.C8H6S/c1-3-7-11-9(5-1)10-6-2-4-8-12(10)13-11;5*1-3-7-11(8-4-1)12-9-5-2-6-10-12;1-2-4-8-7(3-1)5-6-9-8/h1-8,13H;5*1-10H;1-6H. The molecule has 396 valence electrons. The zero-order valence-electron chi connectivity index (χ0n) is 45.9. The number of aromatic nitrogens is 1. The van der Waals surface area contributed by atoms with Crippen LogP contribution in [0.4, 0.5) is 0 Å². The highest BCUT2D eigenvalue weighted by atomic mass is 32.1. The van der Waals surface area contributed by atoms with Crippen LogP contribution in [-0.4, -0.2) is 4.98 Å². The van der Waals surface area contributed by atoms with E-state index < -0.39 is 0 Å². The minimum Gasteiger partial charge on any atom is -0.355 e. The Balaban J connectivity index is 0.000000115. The third-order valence-electron chi connectivity index (χ3n) is 13.2. The fourth-order valence-electron chi connectivity index (χ4n) is 9.01. The van der Waals surface area contributed by atoms with Gasteiger partial charge in [0.2, 0.25) is 0 Å². The number of H-pyrrole nitrogens is 1. The molecular formula is C80H65NS. The first-order valence-electron chi connectivity index (χ1n) is 27.7. The lowest BCUT2D eigenvalue weighted by Gasteiger charge is -1.98. The van der Waals surface area contributed by atoms with Crippen molar-refractivity contribution in [3.63, 3.8) is 0 Å². The summed E-state index contributed by atoms with van der Waals surface area (Å²) in [5, 5.41) is 6.07. The fourth-order valence-corrected chi connectivity index (χ4v) is 9.80. The van der Waals surface area contributed by atoms with Gasteiger partial charge in [-0.2, -0.15) is 0 Å². The van der Waals surface area contributed by atoms with Gasteiger partial charge in [-0.15, -0.1) is 11.3 Å². The number of thiophene rings is 1. The second-order valence-corrected chi connectivity index (χ2v) is 19.8. The van der Waals surface area contributed by atoms with E-state index in [2.05, 4.69) is 332 Å². The third-order valence-corrected chi connectivity index (χ3v) is 14.1. The van der Waals surface area contributed by atoms with Crippen molar-refractivity contribution in [1.82, 2.24) is 4.98 Å². The number of nitrogens with one attached hydrogen (secondary N) is 1. The lowest BCUT2D eigenvalue weighted by molar-refractivity contribution is 1.55.